The fourth-order valence-electron chi connectivity index (χ4n) is 2.66. The number of thiophene rings is 1. The highest BCUT2D eigenvalue weighted by Crippen LogP contribution is 2.29. The van der Waals surface area contributed by atoms with E-state index in [1.54, 1.807) is 35.2 Å². The lowest BCUT2D eigenvalue weighted by molar-refractivity contribution is 0.0725. The molecule has 1 aromatic carbocycles. The molecule has 1 aliphatic heterocycles. The topological polar surface area (TPSA) is 66.5 Å². The van der Waals surface area contributed by atoms with Crippen molar-refractivity contribution >= 4 is 48.9 Å². The van der Waals surface area contributed by atoms with Gasteiger partial charge in [0.15, 0.2) is 0 Å². The summed E-state index contributed by atoms with van der Waals surface area (Å²) in [5, 5.41) is 0. The Balaban J connectivity index is 1.88. The zero-order valence-corrected chi connectivity index (χ0v) is 16.1. The van der Waals surface area contributed by atoms with E-state index in [1.807, 2.05) is 0 Å². The van der Waals surface area contributed by atoms with Gasteiger partial charge in [0, 0.05) is 13.1 Å². The molecule has 1 aliphatic rings. The van der Waals surface area contributed by atoms with Crippen molar-refractivity contribution in [3.05, 3.63) is 45.7 Å². The van der Waals surface area contributed by atoms with Crippen LogP contribution in [-0.4, -0.2) is 32.3 Å². The third-order valence-electron chi connectivity index (χ3n) is 3.86. The quantitative estimate of drug-likeness (QED) is 0.801. The van der Waals surface area contributed by atoms with E-state index in [-0.39, 0.29) is 10.1 Å². The molecule has 24 heavy (non-hydrogen) atoms. The summed E-state index contributed by atoms with van der Waals surface area (Å²) in [6.45, 7) is 1.44. The van der Waals surface area contributed by atoms with Crippen molar-refractivity contribution < 1.29 is 13.2 Å². The number of anilines is 1. The molecule has 2 aromatic rings. The van der Waals surface area contributed by atoms with Gasteiger partial charge in [-0.2, -0.15) is 0 Å². The SMILES string of the molecule is O=C(c1ccccc1NS(=O)(=O)c1ccc(Br)s1)N1CCCCC1. The van der Waals surface area contributed by atoms with Gasteiger partial charge < -0.3 is 4.90 Å². The van der Waals surface area contributed by atoms with E-state index in [0.29, 0.717) is 11.3 Å². The number of rotatable bonds is 4. The molecule has 1 amide bonds. The van der Waals surface area contributed by atoms with E-state index >= 15 is 0 Å². The van der Waals surface area contributed by atoms with Gasteiger partial charge in [-0.15, -0.1) is 11.3 Å². The van der Waals surface area contributed by atoms with E-state index in [9.17, 15) is 13.2 Å². The first kappa shape index (κ1) is 17.4. The average Bonchev–Trinajstić information content (AvgIpc) is 3.03. The average molecular weight is 429 g/mol. The van der Waals surface area contributed by atoms with E-state index in [2.05, 4.69) is 20.7 Å². The lowest BCUT2D eigenvalue weighted by Gasteiger charge is -2.27. The third-order valence-corrected chi connectivity index (χ3v) is 7.34. The Hall–Kier alpha value is -1.38. The molecule has 0 aliphatic carbocycles. The van der Waals surface area contributed by atoms with Gasteiger partial charge in [0.1, 0.15) is 4.21 Å². The van der Waals surface area contributed by atoms with Crippen LogP contribution in [-0.2, 0) is 10.0 Å². The number of carbonyl (C=O) groups excluding carboxylic acids is 1. The number of amides is 1. The Labute approximate surface area is 153 Å². The molecule has 0 bridgehead atoms. The Morgan fingerprint density at radius 3 is 2.46 bits per heavy atom. The van der Waals surface area contributed by atoms with Crippen LogP contribution >= 0.6 is 27.3 Å². The van der Waals surface area contributed by atoms with Crippen LogP contribution in [0.25, 0.3) is 0 Å². The van der Waals surface area contributed by atoms with Gasteiger partial charge in [-0.05, 0) is 59.5 Å². The molecular weight excluding hydrogens is 412 g/mol. The van der Waals surface area contributed by atoms with E-state index in [1.165, 1.54) is 6.07 Å². The van der Waals surface area contributed by atoms with Gasteiger partial charge in [-0.25, -0.2) is 8.42 Å². The van der Waals surface area contributed by atoms with Gasteiger partial charge >= 0.3 is 0 Å². The standard InChI is InChI=1S/C16H17BrN2O3S2/c17-14-8-9-15(23-14)24(21,22)18-13-7-3-2-6-12(13)16(20)19-10-4-1-5-11-19/h2-3,6-9,18H,1,4-5,10-11H2. The molecule has 128 valence electrons. The number of nitrogens with zero attached hydrogens (tertiary/aromatic N) is 1. The van der Waals surface area contributed by atoms with Crippen molar-refractivity contribution in [1.82, 2.24) is 4.90 Å². The van der Waals surface area contributed by atoms with Crippen LogP contribution in [0.1, 0.15) is 29.6 Å². The maximum absolute atomic E-state index is 12.7. The highest BCUT2D eigenvalue weighted by atomic mass is 79.9. The predicted molar refractivity (Wildman–Crippen MR) is 99.0 cm³/mol. The minimum absolute atomic E-state index is 0.125. The van der Waals surface area contributed by atoms with Crippen molar-refractivity contribution in [3.63, 3.8) is 0 Å². The summed E-state index contributed by atoms with van der Waals surface area (Å²) in [5.41, 5.74) is 0.705. The molecule has 0 unspecified atom stereocenters. The third kappa shape index (κ3) is 3.81. The molecule has 5 nitrogen and oxygen atoms in total. The van der Waals surface area contributed by atoms with E-state index in [4.69, 9.17) is 0 Å². The number of carbonyl (C=O) groups is 1. The molecule has 1 N–H and O–H groups in total. The Morgan fingerprint density at radius 1 is 1.08 bits per heavy atom. The highest BCUT2D eigenvalue weighted by Gasteiger charge is 2.23. The lowest BCUT2D eigenvalue weighted by Crippen LogP contribution is -2.36. The Bertz CT molecular complexity index is 843. The zero-order valence-electron chi connectivity index (χ0n) is 12.9. The number of halogens is 1. The smallest absolute Gasteiger partial charge is 0.271 e. The van der Waals surface area contributed by atoms with Crippen molar-refractivity contribution in [2.75, 3.05) is 17.8 Å². The summed E-state index contributed by atoms with van der Waals surface area (Å²) in [6, 6.07) is 9.97. The van der Waals surface area contributed by atoms with Crippen molar-refractivity contribution in [3.8, 4) is 0 Å². The number of para-hydroxylation sites is 1. The van der Waals surface area contributed by atoms with Gasteiger partial charge in [0.05, 0.1) is 15.0 Å². The number of piperidine rings is 1. The number of hydrogen-bond donors (Lipinski definition) is 1. The summed E-state index contributed by atoms with van der Waals surface area (Å²) in [6.07, 6.45) is 3.11. The molecule has 2 heterocycles. The first-order valence-corrected chi connectivity index (χ1v) is 10.7. The second kappa shape index (κ2) is 7.25. The van der Waals surface area contributed by atoms with Crippen LogP contribution in [0.5, 0.6) is 0 Å². The minimum Gasteiger partial charge on any atom is -0.339 e. The number of likely N-dealkylation sites (tertiary alicyclic amines) is 1. The maximum Gasteiger partial charge on any atom is 0.271 e. The summed E-state index contributed by atoms with van der Waals surface area (Å²) in [5.74, 6) is -0.125. The first-order valence-electron chi connectivity index (χ1n) is 7.64. The molecular formula is C16H17BrN2O3S2. The molecule has 3 rings (SSSR count). The molecule has 1 saturated heterocycles. The maximum atomic E-state index is 12.7. The highest BCUT2D eigenvalue weighted by molar-refractivity contribution is 9.11. The molecule has 1 aromatic heterocycles. The Kier molecular flexibility index (Phi) is 5.27. The number of benzene rings is 1. The zero-order chi connectivity index (χ0) is 17.2. The Morgan fingerprint density at radius 2 is 1.79 bits per heavy atom. The van der Waals surface area contributed by atoms with Gasteiger partial charge in [0.25, 0.3) is 15.9 Å². The van der Waals surface area contributed by atoms with Crippen LogP contribution < -0.4 is 4.72 Å². The molecule has 0 radical (unpaired) electrons. The van der Waals surface area contributed by atoms with Gasteiger partial charge in [-0.3, -0.25) is 9.52 Å². The number of hydrogen-bond acceptors (Lipinski definition) is 4. The molecule has 0 atom stereocenters. The van der Waals surface area contributed by atoms with Gasteiger partial charge in [-0.1, -0.05) is 12.1 Å². The fraction of sp³-hybridized carbons (Fsp3) is 0.312. The van der Waals surface area contributed by atoms with E-state index in [0.717, 1.165) is 47.5 Å². The normalized spacial score (nSPS) is 15.3. The summed E-state index contributed by atoms with van der Waals surface area (Å²) in [4.78, 5) is 14.5. The summed E-state index contributed by atoms with van der Waals surface area (Å²) >= 11 is 4.39. The van der Waals surface area contributed by atoms with E-state index < -0.39 is 10.0 Å². The van der Waals surface area contributed by atoms with Crippen molar-refractivity contribution in [1.29, 1.82) is 0 Å². The second-order valence-electron chi connectivity index (χ2n) is 5.56. The molecule has 8 heteroatoms. The monoisotopic (exact) mass is 428 g/mol. The van der Waals surface area contributed by atoms with Crippen LogP contribution in [0.2, 0.25) is 0 Å². The lowest BCUT2D eigenvalue weighted by atomic mass is 10.1. The largest absolute Gasteiger partial charge is 0.339 e. The fourth-order valence-corrected chi connectivity index (χ4v) is 5.75. The summed E-state index contributed by atoms with van der Waals surface area (Å²) in [7, 11) is -3.71. The molecule has 1 fully saturated rings. The van der Waals surface area contributed by atoms with Gasteiger partial charge in [0.2, 0.25) is 0 Å². The van der Waals surface area contributed by atoms with Crippen LogP contribution in [0.4, 0.5) is 5.69 Å². The van der Waals surface area contributed by atoms with Crippen LogP contribution in [0, 0.1) is 0 Å². The van der Waals surface area contributed by atoms with Crippen molar-refractivity contribution in [2.24, 2.45) is 0 Å². The van der Waals surface area contributed by atoms with Crippen LogP contribution in [0.15, 0.2) is 44.4 Å². The van der Waals surface area contributed by atoms with Crippen molar-refractivity contribution in [2.45, 2.75) is 23.5 Å². The second-order valence-corrected chi connectivity index (χ2v) is 9.93. The number of sulfonamides is 1. The predicted octanol–water partition coefficient (Wildman–Crippen LogP) is 3.94. The molecule has 0 spiro atoms. The first-order chi connectivity index (χ1) is 11.5. The number of nitrogens with one attached hydrogen (secondary N) is 1. The molecule has 0 saturated carbocycles. The van der Waals surface area contributed by atoms with Crippen LogP contribution in [0.3, 0.4) is 0 Å². The summed E-state index contributed by atoms with van der Waals surface area (Å²) < 4.78 is 28.5. The minimum atomic E-state index is -3.71.